The normalized spacial score (nSPS) is 18.7. The highest BCUT2D eigenvalue weighted by Crippen LogP contribution is 2.12. The SMILES string of the molecule is CC(=O)N1CCN(C(=O)c2ccnc(NCCN3CCOCC3)c2)CC1. The molecule has 2 aliphatic heterocycles. The van der Waals surface area contributed by atoms with Gasteiger partial charge < -0.3 is 19.9 Å². The molecule has 3 heterocycles. The van der Waals surface area contributed by atoms with E-state index in [1.165, 1.54) is 0 Å². The third-order valence-corrected chi connectivity index (χ3v) is 4.86. The van der Waals surface area contributed by atoms with Crippen LogP contribution in [-0.2, 0) is 9.53 Å². The Balaban J connectivity index is 1.50. The number of morpholine rings is 1. The van der Waals surface area contributed by atoms with Crippen LogP contribution in [0.5, 0.6) is 0 Å². The van der Waals surface area contributed by atoms with Crippen LogP contribution >= 0.6 is 0 Å². The monoisotopic (exact) mass is 361 g/mol. The molecule has 0 spiro atoms. The number of piperazine rings is 1. The van der Waals surface area contributed by atoms with Gasteiger partial charge >= 0.3 is 0 Å². The predicted molar refractivity (Wildman–Crippen MR) is 98.1 cm³/mol. The fourth-order valence-electron chi connectivity index (χ4n) is 3.23. The zero-order valence-electron chi connectivity index (χ0n) is 15.3. The Morgan fingerprint density at radius 1 is 1.12 bits per heavy atom. The predicted octanol–water partition coefficient (Wildman–Crippen LogP) is 0.130. The fraction of sp³-hybridized carbons (Fsp3) is 0.611. The second-order valence-corrected chi connectivity index (χ2v) is 6.61. The Morgan fingerprint density at radius 2 is 1.81 bits per heavy atom. The minimum Gasteiger partial charge on any atom is -0.379 e. The van der Waals surface area contributed by atoms with E-state index in [0.717, 1.165) is 39.4 Å². The van der Waals surface area contributed by atoms with Crippen molar-refractivity contribution in [2.75, 3.05) is 70.9 Å². The molecule has 2 fully saturated rings. The lowest BCUT2D eigenvalue weighted by Crippen LogP contribution is -2.50. The summed E-state index contributed by atoms with van der Waals surface area (Å²) in [5.41, 5.74) is 0.630. The molecule has 0 aliphatic carbocycles. The van der Waals surface area contributed by atoms with Gasteiger partial charge in [0.15, 0.2) is 0 Å². The van der Waals surface area contributed by atoms with Crippen molar-refractivity contribution in [1.82, 2.24) is 19.7 Å². The van der Waals surface area contributed by atoms with Crippen LogP contribution < -0.4 is 5.32 Å². The number of amides is 2. The quantitative estimate of drug-likeness (QED) is 0.803. The van der Waals surface area contributed by atoms with Crippen LogP contribution in [-0.4, -0.2) is 97.1 Å². The average Bonchev–Trinajstić information content (AvgIpc) is 2.68. The number of hydrogen-bond donors (Lipinski definition) is 1. The molecule has 2 saturated heterocycles. The molecule has 1 aromatic rings. The van der Waals surface area contributed by atoms with E-state index in [4.69, 9.17) is 4.74 Å². The minimum atomic E-state index is -0.00756. The van der Waals surface area contributed by atoms with E-state index in [2.05, 4.69) is 15.2 Å². The number of nitrogens with zero attached hydrogens (tertiary/aromatic N) is 4. The number of carbonyl (C=O) groups is 2. The Bertz CT molecular complexity index is 625. The standard InChI is InChI=1S/C18H27N5O3/c1-15(24)22-6-8-23(9-7-22)18(25)16-2-3-19-17(14-16)20-4-5-21-10-12-26-13-11-21/h2-3,14H,4-13H2,1H3,(H,19,20). The molecule has 1 N–H and O–H groups in total. The van der Waals surface area contributed by atoms with Gasteiger partial charge in [-0.05, 0) is 12.1 Å². The largest absolute Gasteiger partial charge is 0.379 e. The van der Waals surface area contributed by atoms with Crippen LogP contribution in [0.2, 0.25) is 0 Å². The first kappa shape index (κ1) is 18.6. The molecule has 26 heavy (non-hydrogen) atoms. The number of nitrogens with one attached hydrogen (secondary N) is 1. The molecule has 8 nitrogen and oxygen atoms in total. The lowest BCUT2D eigenvalue weighted by molar-refractivity contribution is -0.130. The van der Waals surface area contributed by atoms with Gasteiger partial charge in [-0.15, -0.1) is 0 Å². The van der Waals surface area contributed by atoms with Gasteiger partial charge in [-0.1, -0.05) is 0 Å². The van der Waals surface area contributed by atoms with Crippen LogP contribution in [0.4, 0.5) is 5.82 Å². The number of carbonyl (C=O) groups excluding carboxylic acids is 2. The van der Waals surface area contributed by atoms with E-state index >= 15 is 0 Å². The van der Waals surface area contributed by atoms with Crippen molar-refractivity contribution in [2.45, 2.75) is 6.92 Å². The van der Waals surface area contributed by atoms with Crippen molar-refractivity contribution < 1.29 is 14.3 Å². The van der Waals surface area contributed by atoms with Crippen molar-refractivity contribution in [3.8, 4) is 0 Å². The third-order valence-electron chi connectivity index (χ3n) is 4.86. The first-order valence-electron chi connectivity index (χ1n) is 9.18. The van der Waals surface area contributed by atoms with Gasteiger partial charge in [0.1, 0.15) is 5.82 Å². The summed E-state index contributed by atoms with van der Waals surface area (Å²) in [6.45, 7) is 9.10. The topological polar surface area (TPSA) is 78.0 Å². The summed E-state index contributed by atoms with van der Waals surface area (Å²) < 4.78 is 5.35. The Hall–Kier alpha value is -2.19. The first-order valence-corrected chi connectivity index (χ1v) is 9.18. The van der Waals surface area contributed by atoms with E-state index in [0.29, 0.717) is 37.6 Å². The third kappa shape index (κ3) is 4.92. The summed E-state index contributed by atoms with van der Waals surface area (Å²) in [4.78, 5) is 34.3. The number of aromatic nitrogens is 1. The van der Waals surface area contributed by atoms with Crippen molar-refractivity contribution in [2.24, 2.45) is 0 Å². The highest BCUT2D eigenvalue weighted by Gasteiger charge is 2.23. The van der Waals surface area contributed by atoms with Crippen LogP contribution in [0.25, 0.3) is 0 Å². The molecule has 2 aliphatic rings. The lowest BCUT2D eigenvalue weighted by Gasteiger charge is -2.34. The molecular weight excluding hydrogens is 334 g/mol. The Labute approximate surface area is 154 Å². The minimum absolute atomic E-state index is 0.00756. The summed E-state index contributed by atoms with van der Waals surface area (Å²) in [6, 6.07) is 3.55. The number of pyridine rings is 1. The maximum Gasteiger partial charge on any atom is 0.254 e. The van der Waals surface area contributed by atoms with Crippen molar-refractivity contribution in [3.63, 3.8) is 0 Å². The van der Waals surface area contributed by atoms with Gasteiger partial charge in [0.2, 0.25) is 5.91 Å². The van der Waals surface area contributed by atoms with Crippen molar-refractivity contribution in [3.05, 3.63) is 23.9 Å². The summed E-state index contributed by atoms with van der Waals surface area (Å²) in [5.74, 6) is 0.770. The zero-order valence-corrected chi connectivity index (χ0v) is 15.3. The zero-order chi connectivity index (χ0) is 18.4. The van der Waals surface area contributed by atoms with E-state index in [1.807, 2.05) is 0 Å². The lowest BCUT2D eigenvalue weighted by atomic mass is 10.2. The van der Waals surface area contributed by atoms with Crippen LogP contribution in [0, 0.1) is 0 Å². The molecule has 2 amide bonds. The van der Waals surface area contributed by atoms with Gasteiger partial charge in [0, 0.05) is 71.0 Å². The van der Waals surface area contributed by atoms with Crippen LogP contribution in [0.3, 0.4) is 0 Å². The van der Waals surface area contributed by atoms with E-state index in [9.17, 15) is 9.59 Å². The van der Waals surface area contributed by atoms with Gasteiger partial charge in [-0.25, -0.2) is 4.98 Å². The summed E-state index contributed by atoms with van der Waals surface area (Å²) in [7, 11) is 0. The molecule has 0 aromatic carbocycles. The summed E-state index contributed by atoms with van der Waals surface area (Å²) in [5, 5.41) is 3.29. The van der Waals surface area contributed by atoms with Gasteiger partial charge in [0.05, 0.1) is 13.2 Å². The van der Waals surface area contributed by atoms with Crippen LogP contribution in [0.15, 0.2) is 18.3 Å². The van der Waals surface area contributed by atoms with E-state index in [-0.39, 0.29) is 11.8 Å². The van der Waals surface area contributed by atoms with Crippen molar-refractivity contribution in [1.29, 1.82) is 0 Å². The van der Waals surface area contributed by atoms with E-state index < -0.39 is 0 Å². The molecule has 0 saturated carbocycles. The van der Waals surface area contributed by atoms with Gasteiger partial charge in [-0.2, -0.15) is 0 Å². The molecule has 0 bridgehead atoms. The number of ether oxygens (including phenoxy) is 1. The Morgan fingerprint density at radius 3 is 2.50 bits per heavy atom. The molecule has 142 valence electrons. The molecular formula is C18H27N5O3. The molecule has 0 unspecified atom stereocenters. The highest BCUT2D eigenvalue weighted by atomic mass is 16.5. The van der Waals surface area contributed by atoms with Gasteiger partial charge in [0.25, 0.3) is 5.91 Å². The summed E-state index contributed by atoms with van der Waals surface area (Å²) in [6.07, 6.45) is 1.66. The number of rotatable bonds is 5. The molecule has 1 aromatic heterocycles. The fourth-order valence-corrected chi connectivity index (χ4v) is 3.23. The molecule has 0 radical (unpaired) electrons. The maximum atomic E-state index is 12.7. The van der Waals surface area contributed by atoms with Crippen molar-refractivity contribution >= 4 is 17.6 Å². The summed E-state index contributed by atoms with van der Waals surface area (Å²) >= 11 is 0. The van der Waals surface area contributed by atoms with Crippen LogP contribution in [0.1, 0.15) is 17.3 Å². The molecule has 8 heteroatoms. The first-order chi connectivity index (χ1) is 12.6. The molecule has 0 atom stereocenters. The number of hydrogen-bond acceptors (Lipinski definition) is 6. The maximum absolute atomic E-state index is 12.7. The smallest absolute Gasteiger partial charge is 0.254 e. The number of anilines is 1. The Kier molecular flexibility index (Phi) is 6.40. The second-order valence-electron chi connectivity index (χ2n) is 6.61. The van der Waals surface area contributed by atoms with E-state index in [1.54, 1.807) is 35.1 Å². The second kappa shape index (κ2) is 8.95. The van der Waals surface area contributed by atoms with Gasteiger partial charge in [-0.3, -0.25) is 14.5 Å². The average molecular weight is 361 g/mol. The highest BCUT2D eigenvalue weighted by molar-refractivity contribution is 5.95. The molecule has 3 rings (SSSR count).